The van der Waals surface area contributed by atoms with Crippen LogP contribution in [0.3, 0.4) is 0 Å². The zero-order valence-corrected chi connectivity index (χ0v) is 9.05. The van der Waals surface area contributed by atoms with Crippen LogP contribution >= 0.6 is 11.5 Å². The van der Waals surface area contributed by atoms with Gasteiger partial charge in [-0.25, -0.2) is 8.78 Å². The largest absolute Gasteiger partial charge is 0.323 e. The van der Waals surface area contributed by atoms with Crippen LogP contribution in [0.1, 0.15) is 16.5 Å². The molecule has 0 saturated carbocycles. The molecule has 1 aromatic heterocycles. The van der Waals surface area contributed by atoms with E-state index in [0.717, 1.165) is 22.5 Å². The van der Waals surface area contributed by atoms with Crippen molar-refractivity contribution < 1.29 is 8.78 Å². The van der Waals surface area contributed by atoms with Crippen molar-refractivity contribution in [2.45, 2.75) is 12.5 Å². The summed E-state index contributed by atoms with van der Waals surface area (Å²) in [6.07, 6.45) is 1.76. The summed E-state index contributed by atoms with van der Waals surface area (Å²) in [5, 5.41) is 3.65. The summed E-state index contributed by atoms with van der Waals surface area (Å²) in [4.78, 5) is 0.753. The molecular formula is C10H9F2N3S. The van der Waals surface area contributed by atoms with Gasteiger partial charge in [0.1, 0.15) is 0 Å². The Hall–Kier alpha value is -1.40. The molecule has 1 heterocycles. The molecule has 0 aliphatic carbocycles. The molecule has 0 radical (unpaired) electrons. The zero-order chi connectivity index (χ0) is 11.5. The number of halogens is 2. The number of aromatic nitrogens is 2. The van der Waals surface area contributed by atoms with Crippen LogP contribution in [0.4, 0.5) is 8.78 Å². The third-order valence-corrected chi connectivity index (χ3v) is 3.01. The van der Waals surface area contributed by atoms with E-state index in [0.29, 0.717) is 0 Å². The molecular weight excluding hydrogens is 232 g/mol. The van der Waals surface area contributed by atoms with E-state index in [4.69, 9.17) is 5.73 Å². The summed E-state index contributed by atoms with van der Waals surface area (Å²) >= 11 is 1.16. The van der Waals surface area contributed by atoms with Crippen LogP contribution in [0.25, 0.3) is 0 Å². The number of rotatable bonds is 3. The first kappa shape index (κ1) is 11.1. The maximum absolute atomic E-state index is 13.3. The predicted octanol–water partition coefficient (Wildman–Crippen LogP) is 2.06. The third-order valence-electron chi connectivity index (χ3n) is 2.22. The molecule has 3 nitrogen and oxygen atoms in total. The molecule has 84 valence electrons. The standard InChI is InChI=1S/C10H9F2N3S/c11-7-3-1-2-6(10(7)12)4-8(13)9-5-14-15-16-9/h1-3,5,8H,4,13H2. The van der Waals surface area contributed by atoms with Gasteiger partial charge in [0, 0.05) is 6.04 Å². The summed E-state index contributed by atoms with van der Waals surface area (Å²) < 4.78 is 29.9. The predicted molar refractivity (Wildman–Crippen MR) is 56.9 cm³/mol. The highest BCUT2D eigenvalue weighted by atomic mass is 32.1. The van der Waals surface area contributed by atoms with E-state index >= 15 is 0 Å². The van der Waals surface area contributed by atoms with Gasteiger partial charge >= 0.3 is 0 Å². The maximum Gasteiger partial charge on any atom is 0.162 e. The monoisotopic (exact) mass is 241 g/mol. The second-order valence-corrected chi connectivity index (χ2v) is 4.16. The van der Waals surface area contributed by atoms with E-state index in [1.165, 1.54) is 18.3 Å². The smallest absolute Gasteiger partial charge is 0.162 e. The Morgan fingerprint density at radius 3 is 2.88 bits per heavy atom. The average Bonchev–Trinajstić information content (AvgIpc) is 2.78. The molecule has 0 saturated heterocycles. The number of nitrogens with zero attached hydrogens (tertiary/aromatic N) is 2. The molecule has 16 heavy (non-hydrogen) atoms. The van der Waals surface area contributed by atoms with Crippen molar-refractivity contribution in [1.29, 1.82) is 0 Å². The Morgan fingerprint density at radius 2 is 2.19 bits per heavy atom. The third kappa shape index (κ3) is 2.23. The molecule has 1 atom stereocenters. The van der Waals surface area contributed by atoms with E-state index in [-0.39, 0.29) is 12.0 Å². The lowest BCUT2D eigenvalue weighted by atomic mass is 10.1. The molecule has 0 aliphatic heterocycles. The molecule has 2 N–H and O–H groups in total. The van der Waals surface area contributed by atoms with Crippen molar-refractivity contribution >= 4 is 11.5 Å². The SMILES string of the molecule is NC(Cc1cccc(F)c1F)c1cnns1. The number of benzene rings is 1. The first-order valence-electron chi connectivity index (χ1n) is 4.64. The molecule has 1 unspecified atom stereocenters. The van der Waals surface area contributed by atoms with Crippen LogP contribution in [0, 0.1) is 11.6 Å². The van der Waals surface area contributed by atoms with E-state index in [9.17, 15) is 8.78 Å². The van der Waals surface area contributed by atoms with Gasteiger partial charge in [0.25, 0.3) is 0 Å². The molecule has 6 heteroatoms. The van der Waals surface area contributed by atoms with Crippen LogP contribution in [-0.4, -0.2) is 9.59 Å². The Morgan fingerprint density at radius 1 is 1.38 bits per heavy atom. The minimum Gasteiger partial charge on any atom is -0.323 e. The highest BCUT2D eigenvalue weighted by molar-refractivity contribution is 7.05. The van der Waals surface area contributed by atoms with Crippen LogP contribution in [-0.2, 0) is 6.42 Å². The molecule has 2 aromatic rings. The average molecular weight is 241 g/mol. The summed E-state index contributed by atoms with van der Waals surface area (Å²) in [7, 11) is 0. The Bertz CT molecular complexity index is 473. The fraction of sp³-hybridized carbons (Fsp3) is 0.200. The van der Waals surface area contributed by atoms with Crippen molar-refractivity contribution in [3.8, 4) is 0 Å². The van der Waals surface area contributed by atoms with Crippen molar-refractivity contribution in [3.05, 3.63) is 46.5 Å². The quantitative estimate of drug-likeness (QED) is 0.894. The topological polar surface area (TPSA) is 51.8 Å². The second kappa shape index (κ2) is 4.63. The highest BCUT2D eigenvalue weighted by Gasteiger charge is 2.14. The van der Waals surface area contributed by atoms with Gasteiger partial charge in [-0.05, 0) is 29.6 Å². The van der Waals surface area contributed by atoms with Gasteiger partial charge in [0.15, 0.2) is 11.6 Å². The minimum absolute atomic E-state index is 0.230. The van der Waals surface area contributed by atoms with Gasteiger partial charge in [-0.2, -0.15) is 0 Å². The van der Waals surface area contributed by atoms with E-state index in [1.54, 1.807) is 0 Å². The van der Waals surface area contributed by atoms with Crippen molar-refractivity contribution in [2.75, 3.05) is 0 Å². The van der Waals surface area contributed by atoms with Crippen LogP contribution in [0.2, 0.25) is 0 Å². The molecule has 0 aliphatic rings. The lowest BCUT2D eigenvalue weighted by Crippen LogP contribution is -2.13. The van der Waals surface area contributed by atoms with Gasteiger partial charge < -0.3 is 5.73 Å². The lowest BCUT2D eigenvalue weighted by molar-refractivity contribution is 0.494. The van der Waals surface area contributed by atoms with Crippen LogP contribution in [0.5, 0.6) is 0 Å². The second-order valence-electron chi connectivity index (χ2n) is 3.34. The lowest BCUT2D eigenvalue weighted by Gasteiger charge is -2.09. The van der Waals surface area contributed by atoms with Crippen molar-refractivity contribution in [1.82, 2.24) is 9.59 Å². The summed E-state index contributed by atoms with van der Waals surface area (Å²) in [5.74, 6) is -1.69. The number of nitrogens with two attached hydrogens (primary N) is 1. The number of hydrogen-bond donors (Lipinski definition) is 1. The van der Waals surface area contributed by atoms with Gasteiger partial charge in [-0.1, -0.05) is 16.6 Å². The normalized spacial score (nSPS) is 12.7. The molecule has 0 bridgehead atoms. The molecule has 0 fully saturated rings. The molecule has 0 spiro atoms. The summed E-state index contributed by atoms with van der Waals surface area (Å²) in [6, 6.07) is 3.66. The van der Waals surface area contributed by atoms with E-state index in [2.05, 4.69) is 9.59 Å². The van der Waals surface area contributed by atoms with Crippen LogP contribution < -0.4 is 5.73 Å². The first-order chi connectivity index (χ1) is 7.68. The zero-order valence-electron chi connectivity index (χ0n) is 8.23. The maximum atomic E-state index is 13.3. The summed E-state index contributed by atoms with van der Waals surface area (Å²) in [5.41, 5.74) is 6.10. The van der Waals surface area contributed by atoms with Gasteiger partial charge in [0.05, 0.1) is 11.1 Å². The first-order valence-corrected chi connectivity index (χ1v) is 5.41. The van der Waals surface area contributed by atoms with E-state index < -0.39 is 17.7 Å². The number of hydrogen-bond acceptors (Lipinski definition) is 4. The minimum atomic E-state index is -0.855. The summed E-state index contributed by atoms with van der Waals surface area (Å²) in [6.45, 7) is 0. The van der Waals surface area contributed by atoms with Gasteiger partial charge in [-0.3, -0.25) is 0 Å². The van der Waals surface area contributed by atoms with Gasteiger partial charge in [0.2, 0.25) is 0 Å². The van der Waals surface area contributed by atoms with Crippen molar-refractivity contribution in [2.24, 2.45) is 5.73 Å². The fourth-order valence-electron chi connectivity index (χ4n) is 1.38. The molecule has 0 amide bonds. The Balaban J connectivity index is 2.18. The van der Waals surface area contributed by atoms with Gasteiger partial charge in [-0.15, -0.1) is 5.10 Å². The van der Waals surface area contributed by atoms with E-state index in [1.807, 2.05) is 0 Å². The highest BCUT2D eigenvalue weighted by Crippen LogP contribution is 2.20. The molecule has 1 aromatic carbocycles. The Labute approximate surface area is 95.1 Å². The molecule has 2 rings (SSSR count). The fourth-order valence-corrected chi connectivity index (χ4v) is 1.88. The Kier molecular flexibility index (Phi) is 3.21. The van der Waals surface area contributed by atoms with Crippen molar-refractivity contribution in [3.63, 3.8) is 0 Å². The van der Waals surface area contributed by atoms with Crippen LogP contribution in [0.15, 0.2) is 24.4 Å².